The van der Waals surface area contributed by atoms with Crippen molar-refractivity contribution in [2.45, 2.75) is 13.2 Å². The number of hydrogen-bond donors (Lipinski definition) is 2. The third kappa shape index (κ3) is 4.37. The van der Waals surface area contributed by atoms with Crippen LogP contribution in [-0.4, -0.2) is 11.7 Å². The second-order valence-electron chi connectivity index (χ2n) is 4.16. The van der Waals surface area contributed by atoms with Gasteiger partial charge in [0.1, 0.15) is 11.5 Å². The van der Waals surface area contributed by atoms with Gasteiger partial charge in [-0.2, -0.15) is 8.78 Å². The molecule has 2 N–H and O–H groups in total. The monoisotopic (exact) mass is 333 g/mol. The van der Waals surface area contributed by atoms with Gasteiger partial charge in [-0.3, -0.25) is 0 Å². The van der Waals surface area contributed by atoms with Gasteiger partial charge in [-0.1, -0.05) is 29.3 Å². The number of ether oxygens (including phenoxy) is 1. The minimum Gasteiger partial charge on any atom is -0.506 e. The molecular formula is C14H11Cl2F2NO2. The minimum atomic E-state index is -2.88. The molecule has 112 valence electrons. The Hall–Kier alpha value is -1.72. The molecule has 0 heterocycles. The number of halogens is 4. The minimum absolute atomic E-state index is 0.0448. The van der Waals surface area contributed by atoms with Crippen LogP contribution in [-0.2, 0) is 6.54 Å². The molecule has 0 saturated heterocycles. The highest BCUT2D eigenvalue weighted by Gasteiger charge is 2.09. The molecule has 0 spiro atoms. The van der Waals surface area contributed by atoms with Crippen LogP contribution < -0.4 is 10.1 Å². The van der Waals surface area contributed by atoms with Gasteiger partial charge in [-0.25, -0.2) is 0 Å². The van der Waals surface area contributed by atoms with Crippen molar-refractivity contribution in [1.29, 1.82) is 0 Å². The number of nitrogens with one attached hydrogen (secondary N) is 1. The highest BCUT2D eigenvalue weighted by molar-refractivity contribution is 6.35. The van der Waals surface area contributed by atoms with Crippen LogP contribution in [0.4, 0.5) is 14.5 Å². The van der Waals surface area contributed by atoms with Crippen LogP contribution in [0.25, 0.3) is 0 Å². The third-order valence-electron chi connectivity index (χ3n) is 2.65. The molecule has 0 radical (unpaired) electrons. The van der Waals surface area contributed by atoms with Crippen molar-refractivity contribution in [2.24, 2.45) is 0 Å². The molecule has 0 amide bonds. The van der Waals surface area contributed by atoms with E-state index in [0.29, 0.717) is 16.3 Å². The van der Waals surface area contributed by atoms with Crippen molar-refractivity contribution in [3.8, 4) is 11.5 Å². The third-order valence-corrected chi connectivity index (χ3v) is 3.16. The van der Waals surface area contributed by atoms with Crippen LogP contribution in [0.1, 0.15) is 5.56 Å². The number of alkyl halides is 2. The number of hydrogen-bond acceptors (Lipinski definition) is 3. The smallest absolute Gasteiger partial charge is 0.387 e. The lowest BCUT2D eigenvalue weighted by Crippen LogP contribution is -2.03. The number of phenols is 1. The number of anilines is 1. The molecule has 0 unspecified atom stereocenters. The van der Waals surface area contributed by atoms with Gasteiger partial charge < -0.3 is 15.2 Å². The predicted octanol–water partition coefficient (Wildman–Crippen LogP) is 4.91. The zero-order valence-corrected chi connectivity index (χ0v) is 12.1. The predicted molar refractivity (Wildman–Crippen MR) is 78.5 cm³/mol. The van der Waals surface area contributed by atoms with Crippen molar-refractivity contribution in [1.82, 2.24) is 0 Å². The topological polar surface area (TPSA) is 41.5 Å². The zero-order valence-electron chi connectivity index (χ0n) is 10.6. The number of aromatic hydroxyl groups is 1. The van der Waals surface area contributed by atoms with Crippen LogP contribution in [0, 0.1) is 0 Å². The van der Waals surface area contributed by atoms with Crippen LogP contribution in [0.2, 0.25) is 10.0 Å². The van der Waals surface area contributed by atoms with Gasteiger partial charge in [0.25, 0.3) is 0 Å². The summed E-state index contributed by atoms with van der Waals surface area (Å²) in [5, 5.41) is 13.3. The summed E-state index contributed by atoms with van der Waals surface area (Å²) in [4.78, 5) is 0. The first kappa shape index (κ1) is 15.7. The maximum atomic E-state index is 12.1. The average Bonchev–Trinajstić information content (AvgIpc) is 2.41. The molecule has 2 rings (SSSR count). The van der Waals surface area contributed by atoms with E-state index in [-0.39, 0.29) is 23.1 Å². The summed E-state index contributed by atoms with van der Waals surface area (Å²) in [6.45, 7) is -2.65. The summed E-state index contributed by atoms with van der Waals surface area (Å²) in [5.41, 5.74) is 1.05. The molecule has 0 atom stereocenters. The molecule has 0 bridgehead atoms. The fraction of sp³-hybridized carbons (Fsp3) is 0.143. The Bertz CT molecular complexity index is 638. The van der Waals surface area contributed by atoms with Gasteiger partial charge in [0.15, 0.2) is 0 Å². The zero-order chi connectivity index (χ0) is 15.4. The van der Waals surface area contributed by atoms with E-state index >= 15 is 0 Å². The largest absolute Gasteiger partial charge is 0.506 e. The average molecular weight is 334 g/mol. The van der Waals surface area contributed by atoms with Crippen molar-refractivity contribution in [2.75, 3.05) is 5.32 Å². The van der Waals surface area contributed by atoms with Gasteiger partial charge in [0.05, 0.1) is 5.02 Å². The van der Waals surface area contributed by atoms with Crippen LogP contribution >= 0.6 is 23.2 Å². The summed E-state index contributed by atoms with van der Waals surface area (Å²) in [6, 6.07) is 9.10. The highest BCUT2D eigenvalue weighted by Crippen LogP contribution is 2.31. The van der Waals surface area contributed by atoms with E-state index in [9.17, 15) is 13.9 Å². The van der Waals surface area contributed by atoms with Crippen LogP contribution in [0.15, 0.2) is 36.4 Å². The summed E-state index contributed by atoms with van der Waals surface area (Å²) in [5.74, 6) is -0.0306. The van der Waals surface area contributed by atoms with Crippen LogP contribution in [0.3, 0.4) is 0 Å². The molecule has 0 aliphatic carbocycles. The van der Waals surface area contributed by atoms with E-state index in [1.807, 2.05) is 0 Å². The molecule has 0 aliphatic rings. The lowest BCUT2D eigenvalue weighted by Gasteiger charge is -2.11. The molecule has 2 aromatic rings. The molecule has 2 aromatic carbocycles. The SMILES string of the molecule is Oc1c(Cl)cc(Cl)cc1CNc1cccc(OC(F)F)c1. The standard InChI is InChI=1S/C14H11Cl2F2NO2/c15-9-4-8(13(20)12(16)5-9)7-19-10-2-1-3-11(6-10)21-14(17)18/h1-6,14,19-20H,7H2. The number of benzene rings is 2. The summed E-state index contributed by atoms with van der Waals surface area (Å²) < 4.78 is 28.6. The van der Waals surface area contributed by atoms with E-state index in [0.717, 1.165) is 0 Å². The highest BCUT2D eigenvalue weighted by atomic mass is 35.5. The first-order valence-electron chi connectivity index (χ1n) is 5.91. The van der Waals surface area contributed by atoms with Crippen molar-refractivity contribution in [3.63, 3.8) is 0 Å². The Morgan fingerprint density at radius 3 is 2.67 bits per heavy atom. The Morgan fingerprint density at radius 2 is 1.95 bits per heavy atom. The van der Waals surface area contributed by atoms with Gasteiger partial charge in [0, 0.05) is 28.9 Å². The van der Waals surface area contributed by atoms with E-state index in [4.69, 9.17) is 23.2 Å². The lowest BCUT2D eigenvalue weighted by atomic mass is 10.2. The molecule has 7 heteroatoms. The van der Waals surface area contributed by atoms with Crippen molar-refractivity contribution >= 4 is 28.9 Å². The molecular weight excluding hydrogens is 323 g/mol. The molecule has 0 fully saturated rings. The Kier molecular flexibility index (Phi) is 5.09. The Labute approximate surface area is 130 Å². The van der Waals surface area contributed by atoms with Gasteiger partial charge in [-0.15, -0.1) is 0 Å². The molecule has 21 heavy (non-hydrogen) atoms. The molecule has 0 saturated carbocycles. The van der Waals surface area contributed by atoms with Gasteiger partial charge in [0.2, 0.25) is 0 Å². The number of rotatable bonds is 5. The fourth-order valence-electron chi connectivity index (χ4n) is 1.73. The number of phenolic OH excluding ortho intramolecular Hbond substituents is 1. The Balaban J connectivity index is 2.10. The maximum Gasteiger partial charge on any atom is 0.387 e. The summed E-state index contributed by atoms with van der Waals surface area (Å²) >= 11 is 11.7. The van der Waals surface area contributed by atoms with Gasteiger partial charge in [-0.05, 0) is 24.3 Å². The van der Waals surface area contributed by atoms with Crippen molar-refractivity contribution in [3.05, 3.63) is 52.0 Å². The second-order valence-corrected chi connectivity index (χ2v) is 5.00. The fourth-order valence-corrected chi connectivity index (χ4v) is 2.27. The van der Waals surface area contributed by atoms with Crippen LogP contribution in [0.5, 0.6) is 11.5 Å². The Morgan fingerprint density at radius 1 is 1.19 bits per heavy atom. The maximum absolute atomic E-state index is 12.1. The summed E-state index contributed by atoms with van der Waals surface area (Å²) in [7, 11) is 0. The molecule has 3 nitrogen and oxygen atoms in total. The van der Waals surface area contributed by atoms with E-state index in [2.05, 4.69) is 10.1 Å². The van der Waals surface area contributed by atoms with E-state index < -0.39 is 6.61 Å². The van der Waals surface area contributed by atoms with Gasteiger partial charge >= 0.3 is 6.61 Å². The molecule has 0 aromatic heterocycles. The second kappa shape index (κ2) is 6.83. The first-order chi connectivity index (χ1) is 9.95. The summed E-state index contributed by atoms with van der Waals surface area (Å²) in [6.07, 6.45) is 0. The normalized spacial score (nSPS) is 10.7. The van der Waals surface area contributed by atoms with E-state index in [1.165, 1.54) is 18.2 Å². The lowest BCUT2D eigenvalue weighted by molar-refractivity contribution is -0.0498. The van der Waals surface area contributed by atoms with Crippen molar-refractivity contribution < 1.29 is 18.6 Å². The first-order valence-corrected chi connectivity index (χ1v) is 6.67. The van der Waals surface area contributed by atoms with E-state index in [1.54, 1.807) is 18.2 Å². The molecule has 0 aliphatic heterocycles. The quantitative estimate of drug-likeness (QED) is 0.816.